The normalized spacial score (nSPS) is 10.6. The number of amides is 1. The van der Waals surface area contributed by atoms with Crippen molar-refractivity contribution in [2.75, 3.05) is 0 Å². The van der Waals surface area contributed by atoms with Gasteiger partial charge >= 0.3 is 6.09 Å². The average molecular weight is 238 g/mol. The lowest BCUT2D eigenvalue weighted by atomic mass is 10.2. The second-order valence-corrected chi connectivity index (χ2v) is 5.07. The Balaban J connectivity index is 2.41. The van der Waals surface area contributed by atoms with Crippen LogP contribution in [0, 0.1) is 12.3 Å². The Labute approximate surface area is 99.0 Å². The van der Waals surface area contributed by atoms with Gasteiger partial charge in [0, 0.05) is 5.38 Å². The first kappa shape index (κ1) is 12.5. The molecule has 4 nitrogen and oxygen atoms in total. The summed E-state index contributed by atoms with van der Waals surface area (Å²) in [7, 11) is 0. The van der Waals surface area contributed by atoms with Crippen molar-refractivity contribution in [3.05, 3.63) is 16.1 Å². The predicted octanol–water partition coefficient (Wildman–Crippen LogP) is 2.15. The van der Waals surface area contributed by atoms with Crippen molar-refractivity contribution in [3.8, 4) is 12.3 Å². The number of aromatic nitrogens is 1. The zero-order valence-corrected chi connectivity index (χ0v) is 10.4. The number of alkyl carbamates (subject to hydrolysis) is 1. The summed E-state index contributed by atoms with van der Waals surface area (Å²) in [5, 5.41) is 5.14. The maximum Gasteiger partial charge on any atom is 0.408 e. The fourth-order valence-corrected chi connectivity index (χ4v) is 1.60. The van der Waals surface area contributed by atoms with Gasteiger partial charge in [0.2, 0.25) is 0 Å². The molecular weight excluding hydrogens is 224 g/mol. The molecular formula is C11H14N2O2S. The first-order chi connectivity index (χ1) is 7.40. The number of hydrogen-bond acceptors (Lipinski definition) is 4. The molecule has 0 aliphatic carbocycles. The van der Waals surface area contributed by atoms with E-state index in [1.807, 2.05) is 20.8 Å². The third-order valence-corrected chi connectivity index (χ3v) is 2.33. The molecule has 1 heterocycles. The van der Waals surface area contributed by atoms with E-state index in [0.717, 1.165) is 5.01 Å². The maximum absolute atomic E-state index is 11.3. The summed E-state index contributed by atoms with van der Waals surface area (Å²) in [6.45, 7) is 5.77. The molecule has 5 heteroatoms. The van der Waals surface area contributed by atoms with Crippen molar-refractivity contribution in [1.29, 1.82) is 0 Å². The Morgan fingerprint density at radius 1 is 1.69 bits per heavy atom. The van der Waals surface area contributed by atoms with Gasteiger partial charge in [-0.2, -0.15) is 0 Å². The summed E-state index contributed by atoms with van der Waals surface area (Å²) in [6, 6.07) is 0. The van der Waals surface area contributed by atoms with Crippen LogP contribution in [0.15, 0.2) is 5.38 Å². The molecule has 0 aliphatic heterocycles. The number of thiazole rings is 1. The summed E-state index contributed by atoms with van der Waals surface area (Å²) in [5.74, 6) is 2.43. The van der Waals surface area contributed by atoms with E-state index in [-0.39, 0.29) is 0 Å². The molecule has 16 heavy (non-hydrogen) atoms. The number of nitrogens with zero attached hydrogens (tertiary/aromatic N) is 1. The van der Waals surface area contributed by atoms with Crippen LogP contribution in [0.4, 0.5) is 4.79 Å². The lowest BCUT2D eigenvalue weighted by Crippen LogP contribution is -2.32. The van der Waals surface area contributed by atoms with Gasteiger partial charge in [-0.3, -0.25) is 0 Å². The highest BCUT2D eigenvalue weighted by molar-refractivity contribution is 7.09. The van der Waals surface area contributed by atoms with Gasteiger partial charge in [0.15, 0.2) is 0 Å². The van der Waals surface area contributed by atoms with Gasteiger partial charge < -0.3 is 10.1 Å². The zero-order valence-electron chi connectivity index (χ0n) is 9.53. The fraction of sp³-hybridized carbons (Fsp3) is 0.455. The van der Waals surface area contributed by atoms with Crippen molar-refractivity contribution in [2.24, 2.45) is 0 Å². The number of terminal acetylenes is 1. The molecule has 0 unspecified atom stereocenters. The maximum atomic E-state index is 11.3. The van der Waals surface area contributed by atoms with Crippen molar-refractivity contribution in [2.45, 2.75) is 32.9 Å². The van der Waals surface area contributed by atoms with E-state index in [2.05, 4.69) is 16.2 Å². The minimum Gasteiger partial charge on any atom is -0.444 e. The van der Waals surface area contributed by atoms with Gasteiger partial charge in [-0.25, -0.2) is 9.78 Å². The van der Waals surface area contributed by atoms with E-state index < -0.39 is 11.7 Å². The van der Waals surface area contributed by atoms with Gasteiger partial charge in [0.1, 0.15) is 16.3 Å². The third kappa shape index (κ3) is 4.32. The second kappa shape index (κ2) is 4.99. The average Bonchev–Trinajstić information content (AvgIpc) is 2.59. The van der Waals surface area contributed by atoms with Crippen LogP contribution in [0.1, 0.15) is 31.5 Å². The number of ether oxygens (including phenoxy) is 1. The molecule has 1 amide bonds. The van der Waals surface area contributed by atoms with Gasteiger partial charge in [-0.15, -0.1) is 17.8 Å². The fourth-order valence-electron chi connectivity index (χ4n) is 0.920. The molecule has 1 rings (SSSR count). The molecule has 1 aromatic rings. The third-order valence-electron chi connectivity index (χ3n) is 1.48. The van der Waals surface area contributed by atoms with E-state index >= 15 is 0 Å². The van der Waals surface area contributed by atoms with Gasteiger partial charge in [0.05, 0.1) is 6.54 Å². The minimum atomic E-state index is -0.489. The van der Waals surface area contributed by atoms with Crippen molar-refractivity contribution in [3.63, 3.8) is 0 Å². The van der Waals surface area contributed by atoms with Crippen LogP contribution >= 0.6 is 11.3 Å². The lowest BCUT2D eigenvalue weighted by molar-refractivity contribution is 0.0523. The monoisotopic (exact) mass is 238 g/mol. The number of rotatable bonds is 2. The van der Waals surface area contributed by atoms with Crippen molar-refractivity contribution < 1.29 is 9.53 Å². The molecule has 0 radical (unpaired) electrons. The highest BCUT2D eigenvalue weighted by atomic mass is 32.1. The summed E-state index contributed by atoms with van der Waals surface area (Å²) in [5.41, 5.74) is 0.0997. The quantitative estimate of drug-likeness (QED) is 0.803. The van der Waals surface area contributed by atoms with E-state index in [4.69, 9.17) is 11.2 Å². The molecule has 0 aromatic carbocycles. The first-order valence-electron chi connectivity index (χ1n) is 4.78. The van der Waals surface area contributed by atoms with Crippen LogP contribution in [0.5, 0.6) is 0 Å². The minimum absolute atomic E-state index is 0.335. The van der Waals surface area contributed by atoms with Gasteiger partial charge in [-0.1, -0.05) is 0 Å². The van der Waals surface area contributed by atoms with Crippen LogP contribution in [0.3, 0.4) is 0 Å². The largest absolute Gasteiger partial charge is 0.444 e. The highest BCUT2D eigenvalue weighted by Crippen LogP contribution is 2.09. The molecule has 0 aliphatic rings. The van der Waals surface area contributed by atoms with Crippen molar-refractivity contribution >= 4 is 17.4 Å². The van der Waals surface area contributed by atoms with Gasteiger partial charge in [-0.05, 0) is 26.7 Å². The Morgan fingerprint density at radius 2 is 2.38 bits per heavy atom. The number of hydrogen-bond donors (Lipinski definition) is 1. The highest BCUT2D eigenvalue weighted by Gasteiger charge is 2.15. The topological polar surface area (TPSA) is 51.2 Å². The van der Waals surface area contributed by atoms with Crippen LogP contribution in [-0.2, 0) is 11.3 Å². The van der Waals surface area contributed by atoms with Crippen LogP contribution in [-0.4, -0.2) is 16.7 Å². The van der Waals surface area contributed by atoms with Crippen molar-refractivity contribution in [1.82, 2.24) is 10.3 Å². The Hall–Kier alpha value is -1.54. The van der Waals surface area contributed by atoms with E-state index in [1.54, 1.807) is 5.38 Å². The standard InChI is InChI=1S/C11H14N2O2S/c1-5-8-7-16-9(13-8)6-12-10(14)15-11(2,3)4/h1,7H,6H2,2-4H3,(H,12,14). The molecule has 0 saturated heterocycles. The SMILES string of the molecule is C#Cc1csc(CNC(=O)OC(C)(C)C)n1. The smallest absolute Gasteiger partial charge is 0.408 e. The first-order valence-corrected chi connectivity index (χ1v) is 5.66. The number of nitrogens with one attached hydrogen (secondary N) is 1. The second-order valence-electron chi connectivity index (χ2n) is 4.13. The molecule has 0 fully saturated rings. The predicted molar refractivity (Wildman–Crippen MR) is 63.1 cm³/mol. The molecule has 0 saturated carbocycles. The Kier molecular flexibility index (Phi) is 3.91. The van der Waals surface area contributed by atoms with E-state index in [0.29, 0.717) is 12.2 Å². The molecule has 1 N–H and O–H groups in total. The molecule has 0 bridgehead atoms. The zero-order chi connectivity index (χ0) is 12.2. The summed E-state index contributed by atoms with van der Waals surface area (Å²) in [6.07, 6.45) is 4.73. The van der Waals surface area contributed by atoms with E-state index in [1.165, 1.54) is 11.3 Å². The summed E-state index contributed by atoms with van der Waals surface area (Å²) >= 11 is 1.41. The Bertz CT molecular complexity index is 412. The summed E-state index contributed by atoms with van der Waals surface area (Å²) in [4.78, 5) is 15.4. The summed E-state index contributed by atoms with van der Waals surface area (Å²) < 4.78 is 5.08. The van der Waals surface area contributed by atoms with Gasteiger partial charge in [0.25, 0.3) is 0 Å². The molecule has 0 atom stereocenters. The molecule has 86 valence electrons. The van der Waals surface area contributed by atoms with E-state index in [9.17, 15) is 4.79 Å². The van der Waals surface area contributed by atoms with Crippen LogP contribution in [0.25, 0.3) is 0 Å². The number of carbonyl (C=O) groups excluding carboxylic acids is 1. The molecule has 0 spiro atoms. The lowest BCUT2D eigenvalue weighted by Gasteiger charge is -2.19. The van der Waals surface area contributed by atoms with Crippen LogP contribution < -0.4 is 5.32 Å². The number of carbonyl (C=O) groups is 1. The van der Waals surface area contributed by atoms with Crippen LogP contribution in [0.2, 0.25) is 0 Å². The Morgan fingerprint density at radius 3 is 2.88 bits per heavy atom. The molecule has 1 aromatic heterocycles.